The quantitative estimate of drug-likeness (QED) is 0.548. The molecule has 7 heteroatoms. The summed E-state index contributed by atoms with van der Waals surface area (Å²) in [6.45, 7) is 4.87. The number of amides is 1. The van der Waals surface area contributed by atoms with Gasteiger partial charge in [0.2, 0.25) is 0 Å². The minimum absolute atomic E-state index is 0.103. The van der Waals surface area contributed by atoms with Gasteiger partial charge in [-0.05, 0) is 36.8 Å². The summed E-state index contributed by atoms with van der Waals surface area (Å²) in [4.78, 5) is 16.9. The lowest BCUT2D eigenvalue weighted by molar-refractivity contribution is -0.117. The number of nitrogens with zero attached hydrogens (tertiary/aromatic N) is 3. The van der Waals surface area contributed by atoms with Crippen molar-refractivity contribution < 1.29 is 14.3 Å². The summed E-state index contributed by atoms with van der Waals surface area (Å²) >= 11 is 0. The van der Waals surface area contributed by atoms with E-state index in [9.17, 15) is 10.1 Å². The Morgan fingerprint density at radius 2 is 1.74 bits per heavy atom. The second-order valence-electron chi connectivity index (χ2n) is 7.32. The van der Waals surface area contributed by atoms with Gasteiger partial charge in [-0.3, -0.25) is 4.79 Å². The molecular formula is C24H28N4O3. The number of anilines is 1. The van der Waals surface area contributed by atoms with E-state index in [1.54, 1.807) is 20.4 Å². The lowest BCUT2D eigenvalue weighted by atomic mass is 10.1. The van der Waals surface area contributed by atoms with E-state index in [-0.39, 0.29) is 17.5 Å². The van der Waals surface area contributed by atoms with Crippen LogP contribution in [0.25, 0.3) is 0 Å². The molecule has 0 saturated carbocycles. The molecule has 0 bridgehead atoms. The van der Waals surface area contributed by atoms with Gasteiger partial charge in [0.25, 0.3) is 5.91 Å². The van der Waals surface area contributed by atoms with Gasteiger partial charge in [0.05, 0.1) is 25.9 Å². The number of carbonyl (C=O) groups excluding carboxylic acids is 1. The van der Waals surface area contributed by atoms with Gasteiger partial charge in [0, 0.05) is 32.4 Å². The van der Waals surface area contributed by atoms with Crippen molar-refractivity contribution in [3.8, 4) is 17.6 Å². The first kappa shape index (κ1) is 22.0. The Labute approximate surface area is 183 Å². The molecule has 1 aliphatic heterocycles. The van der Waals surface area contributed by atoms with Gasteiger partial charge in [-0.1, -0.05) is 24.3 Å². The van der Waals surface area contributed by atoms with E-state index in [4.69, 9.17) is 9.47 Å². The van der Waals surface area contributed by atoms with Crippen LogP contribution in [-0.2, 0) is 4.79 Å². The third-order valence-corrected chi connectivity index (χ3v) is 5.38. The van der Waals surface area contributed by atoms with Gasteiger partial charge in [-0.2, -0.15) is 5.26 Å². The SMILES string of the molecule is COc1ccc(C(C)NC(=O)/C(C#N)=C\N2CCN(c3ccccc3OC)CC2)cc1. The number of para-hydroxylation sites is 2. The Morgan fingerprint density at radius 1 is 1.06 bits per heavy atom. The average Bonchev–Trinajstić information content (AvgIpc) is 2.82. The summed E-state index contributed by atoms with van der Waals surface area (Å²) < 4.78 is 10.6. The van der Waals surface area contributed by atoms with Crippen molar-refractivity contribution in [1.82, 2.24) is 10.2 Å². The molecule has 1 unspecified atom stereocenters. The van der Waals surface area contributed by atoms with Crippen LogP contribution in [0.15, 0.2) is 60.3 Å². The van der Waals surface area contributed by atoms with E-state index < -0.39 is 0 Å². The number of benzene rings is 2. The monoisotopic (exact) mass is 420 g/mol. The fourth-order valence-electron chi connectivity index (χ4n) is 3.55. The molecule has 0 radical (unpaired) electrons. The van der Waals surface area contributed by atoms with Crippen molar-refractivity contribution in [3.05, 3.63) is 65.9 Å². The molecule has 1 amide bonds. The molecule has 7 nitrogen and oxygen atoms in total. The maximum atomic E-state index is 12.6. The maximum absolute atomic E-state index is 12.6. The molecule has 1 heterocycles. The molecular weight excluding hydrogens is 392 g/mol. The summed E-state index contributed by atoms with van der Waals surface area (Å²) in [5, 5.41) is 12.4. The molecule has 1 aliphatic rings. The first-order chi connectivity index (χ1) is 15.0. The number of hydrogen-bond acceptors (Lipinski definition) is 6. The van der Waals surface area contributed by atoms with Crippen LogP contribution in [0.4, 0.5) is 5.69 Å². The summed E-state index contributed by atoms with van der Waals surface area (Å²) in [6.07, 6.45) is 1.66. The van der Waals surface area contributed by atoms with Gasteiger partial charge in [0.15, 0.2) is 0 Å². The van der Waals surface area contributed by atoms with Crippen LogP contribution in [-0.4, -0.2) is 51.2 Å². The van der Waals surface area contributed by atoms with Crippen LogP contribution in [0.3, 0.4) is 0 Å². The van der Waals surface area contributed by atoms with Gasteiger partial charge in [-0.25, -0.2) is 0 Å². The number of methoxy groups -OCH3 is 2. The van der Waals surface area contributed by atoms with Crippen LogP contribution in [0.5, 0.6) is 11.5 Å². The highest BCUT2D eigenvalue weighted by Crippen LogP contribution is 2.28. The number of rotatable bonds is 7. The van der Waals surface area contributed by atoms with Crippen LogP contribution in [0.1, 0.15) is 18.5 Å². The third-order valence-electron chi connectivity index (χ3n) is 5.38. The molecule has 1 N–H and O–H groups in total. The molecule has 3 rings (SSSR count). The fraction of sp³-hybridized carbons (Fsp3) is 0.333. The standard InChI is InChI=1S/C24H28N4O3/c1-18(19-8-10-21(30-2)11-9-19)26-24(29)20(16-25)17-27-12-14-28(15-13-27)22-6-4-5-7-23(22)31-3/h4-11,17-18H,12-15H2,1-3H3,(H,26,29)/b20-17-. The third kappa shape index (κ3) is 5.48. The molecule has 0 aromatic heterocycles. The summed E-state index contributed by atoms with van der Waals surface area (Å²) in [7, 11) is 3.28. The van der Waals surface area contributed by atoms with E-state index in [1.165, 1.54) is 0 Å². The topological polar surface area (TPSA) is 77.8 Å². The maximum Gasteiger partial charge on any atom is 0.263 e. The predicted octanol–water partition coefficient (Wildman–Crippen LogP) is 3.11. The van der Waals surface area contributed by atoms with Crippen molar-refractivity contribution in [2.24, 2.45) is 0 Å². The largest absolute Gasteiger partial charge is 0.497 e. The predicted molar refractivity (Wildman–Crippen MR) is 120 cm³/mol. The van der Waals surface area contributed by atoms with Crippen LogP contribution in [0.2, 0.25) is 0 Å². The highest BCUT2D eigenvalue weighted by Gasteiger charge is 2.20. The molecule has 0 aliphatic carbocycles. The van der Waals surface area contributed by atoms with E-state index >= 15 is 0 Å². The first-order valence-electron chi connectivity index (χ1n) is 10.2. The summed E-state index contributed by atoms with van der Waals surface area (Å²) in [6, 6.07) is 17.2. The molecule has 1 fully saturated rings. The number of nitriles is 1. The highest BCUT2D eigenvalue weighted by atomic mass is 16.5. The zero-order valence-corrected chi connectivity index (χ0v) is 18.2. The molecule has 162 valence electrons. The molecule has 2 aromatic carbocycles. The van der Waals surface area contributed by atoms with Crippen LogP contribution >= 0.6 is 0 Å². The lowest BCUT2D eigenvalue weighted by Crippen LogP contribution is -2.44. The second kappa shape index (κ2) is 10.4. The number of hydrogen-bond donors (Lipinski definition) is 1. The first-order valence-corrected chi connectivity index (χ1v) is 10.2. The van der Waals surface area contributed by atoms with Gasteiger partial charge in [-0.15, -0.1) is 0 Å². The van der Waals surface area contributed by atoms with Crippen molar-refractivity contribution in [2.45, 2.75) is 13.0 Å². The zero-order chi connectivity index (χ0) is 22.2. The molecule has 31 heavy (non-hydrogen) atoms. The smallest absolute Gasteiger partial charge is 0.263 e. The average molecular weight is 421 g/mol. The Morgan fingerprint density at radius 3 is 2.35 bits per heavy atom. The van der Waals surface area contributed by atoms with Crippen molar-refractivity contribution in [2.75, 3.05) is 45.3 Å². The van der Waals surface area contributed by atoms with Crippen molar-refractivity contribution in [3.63, 3.8) is 0 Å². The van der Waals surface area contributed by atoms with E-state index in [2.05, 4.69) is 10.2 Å². The minimum Gasteiger partial charge on any atom is -0.497 e. The van der Waals surface area contributed by atoms with Gasteiger partial charge < -0.3 is 24.6 Å². The lowest BCUT2D eigenvalue weighted by Gasteiger charge is -2.36. The van der Waals surface area contributed by atoms with E-state index in [0.29, 0.717) is 13.1 Å². The van der Waals surface area contributed by atoms with Crippen LogP contribution < -0.4 is 19.7 Å². The molecule has 1 atom stereocenters. The van der Waals surface area contributed by atoms with Gasteiger partial charge in [0.1, 0.15) is 23.1 Å². The molecule has 0 spiro atoms. The van der Waals surface area contributed by atoms with E-state index in [1.807, 2.05) is 66.4 Å². The molecule has 1 saturated heterocycles. The zero-order valence-electron chi connectivity index (χ0n) is 18.2. The minimum atomic E-state index is -0.377. The summed E-state index contributed by atoms with van der Waals surface area (Å²) in [5.41, 5.74) is 2.10. The van der Waals surface area contributed by atoms with Crippen molar-refractivity contribution >= 4 is 11.6 Å². The molecule has 2 aromatic rings. The Kier molecular flexibility index (Phi) is 7.39. The number of ether oxygens (including phenoxy) is 2. The van der Waals surface area contributed by atoms with Crippen molar-refractivity contribution in [1.29, 1.82) is 5.26 Å². The fourth-order valence-corrected chi connectivity index (χ4v) is 3.55. The highest BCUT2D eigenvalue weighted by molar-refractivity contribution is 5.97. The van der Waals surface area contributed by atoms with E-state index in [0.717, 1.165) is 35.8 Å². The number of piperazine rings is 1. The summed E-state index contributed by atoms with van der Waals surface area (Å²) in [5.74, 6) is 1.22. The number of carbonyl (C=O) groups is 1. The number of nitrogens with one attached hydrogen (secondary N) is 1. The Hall–Kier alpha value is -3.66. The Bertz CT molecular complexity index is 958. The normalized spacial score (nSPS) is 15.1. The van der Waals surface area contributed by atoms with Gasteiger partial charge >= 0.3 is 0 Å². The Balaban J connectivity index is 1.60. The van der Waals surface area contributed by atoms with Crippen LogP contribution in [0, 0.1) is 11.3 Å². The second-order valence-corrected chi connectivity index (χ2v) is 7.32.